The van der Waals surface area contributed by atoms with Gasteiger partial charge in [-0.1, -0.05) is 29.0 Å². The lowest BCUT2D eigenvalue weighted by Crippen LogP contribution is -2.43. The topological polar surface area (TPSA) is 45.7 Å². The van der Waals surface area contributed by atoms with E-state index in [0.29, 0.717) is 13.0 Å². The molecule has 0 spiro atoms. The van der Waals surface area contributed by atoms with Crippen LogP contribution in [0.4, 0.5) is 5.13 Å². The molecule has 0 N–H and O–H groups in total. The van der Waals surface area contributed by atoms with E-state index in [4.69, 9.17) is 21.3 Å². The Bertz CT molecular complexity index is 1070. The van der Waals surface area contributed by atoms with Gasteiger partial charge in [0.05, 0.1) is 23.4 Å². The first-order chi connectivity index (χ1) is 15.5. The third kappa shape index (κ3) is 6.02. The highest BCUT2D eigenvalue weighted by atomic mass is 35.5. The molecule has 3 aromatic rings. The number of nitrogens with zero attached hydrogens (tertiary/aromatic N) is 3. The number of aryl methyl sites for hydroxylation is 2. The Kier molecular flexibility index (Phi) is 8.07. The van der Waals surface area contributed by atoms with Gasteiger partial charge in [0.2, 0.25) is 5.91 Å². The van der Waals surface area contributed by atoms with E-state index in [9.17, 15) is 4.79 Å². The fraction of sp³-hybridized carbons (Fsp3) is 0.417. The molecule has 0 atom stereocenters. The molecule has 2 heterocycles. The number of carbonyl (C=O) groups is 1. The van der Waals surface area contributed by atoms with Crippen LogP contribution >= 0.6 is 34.7 Å². The number of benzene rings is 2. The number of carbonyl (C=O) groups excluding carboxylic acids is 1. The van der Waals surface area contributed by atoms with Crippen LogP contribution in [0.2, 0.25) is 5.02 Å². The van der Waals surface area contributed by atoms with Crippen LogP contribution in [-0.4, -0.2) is 60.9 Å². The molecule has 1 aromatic heterocycles. The predicted molar refractivity (Wildman–Crippen MR) is 135 cm³/mol. The van der Waals surface area contributed by atoms with Crippen LogP contribution in [0.15, 0.2) is 41.3 Å². The van der Waals surface area contributed by atoms with Gasteiger partial charge in [0, 0.05) is 48.3 Å². The van der Waals surface area contributed by atoms with Crippen LogP contribution in [0.25, 0.3) is 10.2 Å². The van der Waals surface area contributed by atoms with Gasteiger partial charge in [-0.15, -0.1) is 11.8 Å². The van der Waals surface area contributed by atoms with Crippen molar-refractivity contribution >= 4 is 56.0 Å². The number of thioether (sulfide) groups is 1. The molecule has 1 saturated heterocycles. The second kappa shape index (κ2) is 11.0. The highest BCUT2D eigenvalue weighted by molar-refractivity contribution is 7.99. The van der Waals surface area contributed by atoms with Crippen molar-refractivity contribution in [3.05, 3.63) is 52.5 Å². The van der Waals surface area contributed by atoms with Crippen LogP contribution in [0.1, 0.15) is 17.5 Å². The van der Waals surface area contributed by atoms with Gasteiger partial charge in [0.1, 0.15) is 0 Å². The smallest absolute Gasteiger partial charge is 0.229 e. The van der Waals surface area contributed by atoms with Gasteiger partial charge in [-0.05, 0) is 55.3 Å². The first-order valence-corrected chi connectivity index (χ1v) is 13.0. The molecule has 0 saturated carbocycles. The van der Waals surface area contributed by atoms with E-state index in [1.54, 1.807) is 23.1 Å². The third-order valence-electron chi connectivity index (χ3n) is 5.48. The number of amides is 1. The highest BCUT2D eigenvalue weighted by Crippen LogP contribution is 2.32. The molecule has 0 unspecified atom stereocenters. The molecule has 2 aromatic carbocycles. The first kappa shape index (κ1) is 23.5. The Balaban J connectivity index is 1.48. The number of rotatable bonds is 8. The van der Waals surface area contributed by atoms with E-state index < -0.39 is 0 Å². The third-order valence-corrected chi connectivity index (χ3v) is 7.98. The molecule has 5 nitrogen and oxygen atoms in total. The molecule has 0 bridgehead atoms. The van der Waals surface area contributed by atoms with E-state index >= 15 is 0 Å². The normalized spacial score (nSPS) is 14.7. The van der Waals surface area contributed by atoms with E-state index in [1.165, 1.54) is 11.1 Å². The van der Waals surface area contributed by atoms with Crippen LogP contribution in [0, 0.1) is 13.8 Å². The Morgan fingerprint density at radius 3 is 2.72 bits per heavy atom. The van der Waals surface area contributed by atoms with E-state index in [1.807, 2.05) is 29.2 Å². The maximum atomic E-state index is 13.3. The van der Waals surface area contributed by atoms with Gasteiger partial charge in [0.25, 0.3) is 0 Å². The van der Waals surface area contributed by atoms with Gasteiger partial charge in [-0.2, -0.15) is 0 Å². The van der Waals surface area contributed by atoms with Crippen molar-refractivity contribution < 1.29 is 9.53 Å². The van der Waals surface area contributed by atoms with Gasteiger partial charge < -0.3 is 4.74 Å². The number of aromatic nitrogens is 1. The fourth-order valence-electron chi connectivity index (χ4n) is 3.80. The van der Waals surface area contributed by atoms with Crippen LogP contribution in [0.5, 0.6) is 0 Å². The summed E-state index contributed by atoms with van der Waals surface area (Å²) in [6, 6.07) is 12.0. The number of ether oxygens (including phenoxy) is 1. The maximum absolute atomic E-state index is 13.3. The van der Waals surface area contributed by atoms with Gasteiger partial charge >= 0.3 is 0 Å². The Hall–Kier alpha value is -1.64. The molecule has 1 fully saturated rings. The highest BCUT2D eigenvalue weighted by Gasteiger charge is 2.22. The standard InChI is InChI=1S/C24H28ClN3O2S2/c1-17-15-18(2)23-21(16-17)26-24(32-23)28(9-8-27-10-12-30-13-11-27)22(29)7-14-31-20-5-3-19(25)4-6-20/h3-6,15-16H,7-14H2,1-2H3. The largest absolute Gasteiger partial charge is 0.379 e. The summed E-state index contributed by atoms with van der Waals surface area (Å²) < 4.78 is 6.62. The maximum Gasteiger partial charge on any atom is 0.229 e. The summed E-state index contributed by atoms with van der Waals surface area (Å²) in [6.45, 7) is 8.99. The van der Waals surface area contributed by atoms with Crippen molar-refractivity contribution in [2.24, 2.45) is 0 Å². The number of hydrogen-bond donors (Lipinski definition) is 0. The van der Waals surface area contributed by atoms with Gasteiger partial charge in [0.15, 0.2) is 5.13 Å². The summed E-state index contributed by atoms with van der Waals surface area (Å²) in [6.07, 6.45) is 0.463. The quantitative estimate of drug-likeness (QED) is 0.396. The lowest BCUT2D eigenvalue weighted by molar-refractivity contribution is -0.118. The average molecular weight is 490 g/mol. The monoisotopic (exact) mass is 489 g/mol. The average Bonchev–Trinajstić information content (AvgIpc) is 3.20. The Morgan fingerprint density at radius 1 is 1.22 bits per heavy atom. The van der Waals surface area contributed by atoms with Gasteiger partial charge in [-0.25, -0.2) is 4.98 Å². The summed E-state index contributed by atoms with van der Waals surface area (Å²) in [5.74, 6) is 0.838. The van der Waals surface area contributed by atoms with Crippen LogP contribution in [-0.2, 0) is 9.53 Å². The van der Waals surface area contributed by atoms with E-state index in [-0.39, 0.29) is 5.91 Å². The molecule has 8 heteroatoms. The first-order valence-electron chi connectivity index (χ1n) is 10.9. The number of anilines is 1. The van der Waals surface area contributed by atoms with Crippen molar-refractivity contribution in [2.45, 2.75) is 25.2 Å². The van der Waals surface area contributed by atoms with Gasteiger partial charge in [-0.3, -0.25) is 14.6 Å². The number of fused-ring (bicyclic) bond motifs is 1. The summed E-state index contributed by atoms with van der Waals surface area (Å²) in [7, 11) is 0. The van der Waals surface area contributed by atoms with Crippen molar-refractivity contribution in [1.29, 1.82) is 0 Å². The van der Waals surface area contributed by atoms with E-state index in [0.717, 1.165) is 63.9 Å². The van der Waals surface area contributed by atoms with Crippen molar-refractivity contribution in [3.8, 4) is 0 Å². The van der Waals surface area contributed by atoms with Crippen LogP contribution < -0.4 is 4.90 Å². The molecule has 0 aliphatic carbocycles. The summed E-state index contributed by atoms with van der Waals surface area (Å²) in [5.41, 5.74) is 3.38. The number of morpholine rings is 1. The summed E-state index contributed by atoms with van der Waals surface area (Å²) in [5, 5.41) is 1.52. The Morgan fingerprint density at radius 2 is 1.97 bits per heavy atom. The molecule has 4 rings (SSSR count). The molecule has 1 aliphatic rings. The zero-order chi connectivity index (χ0) is 22.5. The number of thiazole rings is 1. The second-order valence-electron chi connectivity index (χ2n) is 7.98. The summed E-state index contributed by atoms with van der Waals surface area (Å²) >= 11 is 9.26. The SMILES string of the molecule is Cc1cc(C)c2sc(N(CCN3CCOCC3)C(=O)CCSc3ccc(Cl)cc3)nc2c1. The minimum Gasteiger partial charge on any atom is -0.379 e. The predicted octanol–water partition coefficient (Wildman–Crippen LogP) is 5.41. The fourth-order valence-corrected chi connectivity index (χ4v) is 5.82. The lowest BCUT2D eigenvalue weighted by atomic mass is 10.1. The molecular weight excluding hydrogens is 462 g/mol. The van der Waals surface area contributed by atoms with E-state index in [2.05, 4.69) is 30.9 Å². The van der Waals surface area contributed by atoms with Crippen LogP contribution in [0.3, 0.4) is 0 Å². The Labute approximate surface area is 202 Å². The summed E-state index contributed by atoms with van der Waals surface area (Å²) in [4.78, 5) is 23.5. The molecule has 1 amide bonds. The number of hydrogen-bond acceptors (Lipinski definition) is 6. The second-order valence-corrected chi connectivity index (χ2v) is 10.6. The molecule has 170 valence electrons. The molecule has 0 radical (unpaired) electrons. The minimum atomic E-state index is 0.119. The van der Waals surface area contributed by atoms with Crippen molar-refractivity contribution in [2.75, 3.05) is 50.0 Å². The van der Waals surface area contributed by atoms with Crippen molar-refractivity contribution in [3.63, 3.8) is 0 Å². The van der Waals surface area contributed by atoms with Crippen molar-refractivity contribution in [1.82, 2.24) is 9.88 Å². The molecule has 32 heavy (non-hydrogen) atoms. The number of halogens is 1. The molecular formula is C24H28ClN3O2S2. The lowest BCUT2D eigenvalue weighted by Gasteiger charge is -2.29. The zero-order valence-electron chi connectivity index (χ0n) is 18.5. The zero-order valence-corrected chi connectivity index (χ0v) is 20.9. The molecule has 1 aliphatic heterocycles. The minimum absolute atomic E-state index is 0.119.